The second kappa shape index (κ2) is 7.68. The zero-order chi connectivity index (χ0) is 17.7. The van der Waals surface area contributed by atoms with Gasteiger partial charge in [-0.2, -0.15) is 0 Å². The molecule has 1 saturated heterocycles. The van der Waals surface area contributed by atoms with Gasteiger partial charge in [0.25, 0.3) is 0 Å². The maximum absolute atomic E-state index is 11.7. The number of amides is 1. The van der Waals surface area contributed by atoms with E-state index in [1.54, 1.807) is 4.90 Å². The van der Waals surface area contributed by atoms with Crippen LogP contribution in [0.2, 0.25) is 0 Å². The van der Waals surface area contributed by atoms with Crippen molar-refractivity contribution in [3.8, 4) is 0 Å². The summed E-state index contributed by atoms with van der Waals surface area (Å²) >= 11 is 0. The molecule has 0 aromatic carbocycles. The number of ether oxygens (including phenoxy) is 1. The number of nitrogens with zero attached hydrogens (tertiary/aromatic N) is 3. The van der Waals surface area contributed by atoms with Crippen LogP contribution in [0.25, 0.3) is 0 Å². The smallest absolute Gasteiger partial charge is 0.409 e. The molecule has 7 heteroatoms. The van der Waals surface area contributed by atoms with E-state index < -0.39 is 0 Å². The second-order valence-corrected chi connectivity index (χ2v) is 7.17. The number of hydrogen-bond acceptors (Lipinski definition) is 6. The van der Waals surface area contributed by atoms with Crippen molar-refractivity contribution in [1.29, 1.82) is 0 Å². The Balaban J connectivity index is 1.94. The Hall–Kier alpha value is -2.05. The van der Waals surface area contributed by atoms with E-state index in [0.29, 0.717) is 25.7 Å². The molecule has 2 rings (SSSR count). The SMILES string of the molecule is CCOC(=O)N1CCC(Nc2cc(NC(C)(C)C)nc(C)n2)CC1. The van der Waals surface area contributed by atoms with E-state index >= 15 is 0 Å². The van der Waals surface area contributed by atoms with Gasteiger partial charge in [-0.15, -0.1) is 0 Å². The number of piperidine rings is 1. The van der Waals surface area contributed by atoms with Crippen LogP contribution >= 0.6 is 0 Å². The predicted molar refractivity (Wildman–Crippen MR) is 95.4 cm³/mol. The van der Waals surface area contributed by atoms with Crippen LogP contribution < -0.4 is 10.6 Å². The summed E-state index contributed by atoms with van der Waals surface area (Å²) in [6.45, 7) is 11.8. The normalized spacial score (nSPS) is 16.0. The Labute approximate surface area is 144 Å². The minimum absolute atomic E-state index is 0.0525. The van der Waals surface area contributed by atoms with Gasteiger partial charge in [-0.05, 0) is 47.5 Å². The molecule has 0 spiro atoms. The molecule has 2 heterocycles. The van der Waals surface area contributed by atoms with Crippen molar-refractivity contribution in [3.05, 3.63) is 11.9 Å². The Bertz CT molecular complexity index is 563. The van der Waals surface area contributed by atoms with Crippen LogP contribution in [0, 0.1) is 6.92 Å². The highest BCUT2D eigenvalue weighted by atomic mass is 16.6. The van der Waals surface area contributed by atoms with Gasteiger partial charge in [-0.25, -0.2) is 14.8 Å². The van der Waals surface area contributed by atoms with E-state index in [0.717, 1.165) is 30.3 Å². The zero-order valence-electron chi connectivity index (χ0n) is 15.3. The molecule has 1 aliphatic heterocycles. The highest BCUT2D eigenvalue weighted by Gasteiger charge is 2.24. The van der Waals surface area contributed by atoms with Crippen molar-refractivity contribution in [3.63, 3.8) is 0 Å². The quantitative estimate of drug-likeness (QED) is 0.880. The highest BCUT2D eigenvalue weighted by molar-refractivity contribution is 5.67. The molecule has 1 amide bonds. The van der Waals surface area contributed by atoms with Crippen molar-refractivity contribution in [2.24, 2.45) is 0 Å². The monoisotopic (exact) mass is 335 g/mol. The summed E-state index contributed by atoms with van der Waals surface area (Å²) in [7, 11) is 0. The van der Waals surface area contributed by atoms with Gasteiger partial charge in [0.15, 0.2) is 0 Å². The van der Waals surface area contributed by atoms with E-state index in [1.807, 2.05) is 19.9 Å². The summed E-state index contributed by atoms with van der Waals surface area (Å²) in [5.41, 5.74) is -0.0525. The number of nitrogens with one attached hydrogen (secondary N) is 2. The molecule has 24 heavy (non-hydrogen) atoms. The molecule has 0 bridgehead atoms. The number of hydrogen-bond donors (Lipinski definition) is 2. The maximum atomic E-state index is 11.7. The number of carbonyl (C=O) groups is 1. The lowest BCUT2D eigenvalue weighted by Gasteiger charge is -2.32. The molecule has 134 valence electrons. The van der Waals surface area contributed by atoms with Crippen LogP contribution in [-0.4, -0.2) is 52.2 Å². The standard InChI is InChI=1S/C17H29N5O2/c1-6-24-16(23)22-9-7-13(8-10-22)20-14-11-15(19-12(2)18-14)21-17(3,4)5/h11,13H,6-10H2,1-5H3,(H2,18,19,20,21). The van der Waals surface area contributed by atoms with Crippen molar-refractivity contribution in [1.82, 2.24) is 14.9 Å². The number of aryl methyl sites for hydroxylation is 1. The van der Waals surface area contributed by atoms with Crippen LogP contribution in [0.4, 0.5) is 16.4 Å². The molecule has 7 nitrogen and oxygen atoms in total. The average molecular weight is 335 g/mol. The lowest BCUT2D eigenvalue weighted by molar-refractivity contribution is 0.0983. The number of carbonyl (C=O) groups excluding carboxylic acids is 1. The zero-order valence-corrected chi connectivity index (χ0v) is 15.3. The lowest BCUT2D eigenvalue weighted by Crippen LogP contribution is -2.42. The van der Waals surface area contributed by atoms with Gasteiger partial charge in [0.05, 0.1) is 6.61 Å². The van der Waals surface area contributed by atoms with E-state index in [9.17, 15) is 4.79 Å². The van der Waals surface area contributed by atoms with Crippen LogP contribution in [-0.2, 0) is 4.74 Å². The number of rotatable bonds is 4. The average Bonchev–Trinajstić information content (AvgIpc) is 2.45. The van der Waals surface area contributed by atoms with Gasteiger partial charge < -0.3 is 20.3 Å². The molecule has 0 aliphatic carbocycles. The topological polar surface area (TPSA) is 79.4 Å². The number of aromatic nitrogens is 2. The molecule has 1 aromatic heterocycles. The first-order valence-electron chi connectivity index (χ1n) is 8.59. The minimum atomic E-state index is -0.217. The lowest BCUT2D eigenvalue weighted by atomic mass is 10.1. The van der Waals surface area contributed by atoms with Gasteiger partial charge in [0.1, 0.15) is 17.5 Å². The summed E-state index contributed by atoms with van der Waals surface area (Å²) in [6, 6.07) is 2.24. The van der Waals surface area contributed by atoms with Gasteiger partial charge in [0.2, 0.25) is 0 Å². The molecular formula is C17H29N5O2. The molecule has 2 N–H and O–H groups in total. The van der Waals surface area contributed by atoms with Crippen LogP contribution in [0.3, 0.4) is 0 Å². The third kappa shape index (κ3) is 5.54. The summed E-state index contributed by atoms with van der Waals surface area (Å²) in [5, 5.41) is 6.84. The van der Waals surface area contributed by atoms with Gasteiger partial charge >= 0.3 is 6.09 Å². The van der Waals surface area contributed by atoms with Gasteiger partial charge in [-0.1, -0.05) is 0 Å². The van der Waals surface area contributed by atoms with Gasteiger partial charge in [0, 0.05) is 30.7 Å². The summed E-state index contributed by atoms with van der Waals surface area (Å²) in [4.78, 5) is 22.4. The molecule has 1 aliphatic rings. The fourth-order valence-electron chi connectivity index (χ4n) is 2.72. The maximum Gasteiger partial charge on any atom is 0.409 e. The summed E-state index contributed by atoms with van der Waals surface area (Å²) < 4.78 is 5.05. The summed E-state index contributed by atoms with van der Waals surface area (Å²) in [5.74, 6) is 2.38. The van der Waals surface area contributed by atoms with E-state index in [-0.39, 0.29) is 11.6 Å². The first kappa shape index (κ1) is 18.3. The minimum Gasteiger partial charge on any atom is -0.450 e. The van der Waals surface area contributed by atoms with Crippen molar-refractivity contribution < 1.29 is 9.53 Å². The molecular weight excluding hydrogens is 306 g/mol. The van der Waals surface area contributed by atoms with E-state index in [4.69, 9.17) is 4.74 Å². The van der Waals surface area contributed by atoms with Crippen molar-refractivity contribution in [2.45, 2.75) is 59.0 Å². The molecule has 0 radical (unpaired) electrons. The third-order valence-electron chi connectivity index (χ3n) is 3.71. The summed E-state index contributed by atoms with van der Waals surface area (Å²) in [6.07, 6.45) is 1.54. The first-order valence-corrected chi connectivity index (χ1v) is 8.59. The largest absolute Gasteiger partial charge is 0.450 e. The van der Waals surface area contributed by atoms with E-state index in [2.05, 4.69) is 41.4 Å². The Morgan fingerprint density at radius 1 is 1.29 bits per heavy atom. The molecule has 0 unspecified atom stereocenters. The van der Waals surface area contributed by atoms with Crippen LogP contribution in [0.5, 0.6) is 0 Å². The van der Waals surface area contributed by atoms with Crippen LogP contribution in [0.15, 0.2) is 6.07 Å². The fraction of sp³-hybridized carbons (Fsp3) is 0.706. The molecule has 1 fully saturated rings. The van der Waals surface area contributed by atoms with Crippen molar-refractivity contribution >= 4 is 17.7 Å². The van der Waals surface area contributed by atoms with Crippen molar-refractivity contribution in [2.75, 3.05) is 30.3 Å². The molecule has 0 atom stereocenters. The molecule has 0 saturated carbocycles. The Morgan fingerprint density at radius 3 is 2.50 bits per heavy atom. The van der Waals surface area contributed by atoms with Gasteiger partial charge in [-0.3, -0.25) is 0 Å². The Morgan fingerprint density at radius 2 is 1.92 bits per heavy atom. The Kier molecular flexibility index (Phi) is 5.85. The number of anilines is 2. The predicted octanol–water partition coefficient (Wildman–Crippen LogP) is 3.03. The van der Waals surface area contributed by atoms with E-state index in [1.165, 1.54) is 0 Å². The fourth-order valence-corrected chi connectivity index (χ4v) is 2.72. The van der Waals surface area contributed by atoms with Crippen LogP contribution in [0.1, 0.15) is 46.4 Å². The second-order valence-electron chi connectivity index (χ2n) is 7.17. The first-order chi connectivity index (χ1) is 11.3. The molecule has 1 aromatic rings. The number of likely N-dealkylation sites (tertiary alicyclic amines) is 1. The highest BCUT2D eigenvalue weighted by Crippen LogP contribution is 2.20. The third-order valence-corrected chi connectivity index (χ3v) is 3.71.